The van der Waals surface area contributed by atoms with Gasteiger partial charge in [0, 0.05) is 24.5 Å². The summed E-state index contributed by atoms with van der Waals surface area (Å²) in [5.74, 6) is 1.91. The number of nitrogens with two attached hydrogens (primary N) is 1. The van der Waals surface area contributed by atoms with Crippen LogP contribution in [0.25, 0.3) is 0 Å². The van der Waals surface area contributed by atoms with Gasteiger partial charge in [0.2, 0.25) is 0 Å². The summed E-state index contributed by atoms with van der Waals surface area (Å²) in [6, 6.07) is 8.01. The fourth-order valence-corrected chi connectivity index (χ4v) is 6.49. The van der Waals surface area contributed by atoms with Crippen molar-refractivity contribution < 1.29 is 0 Å². The average molecular weight is 325 g/mol. The van der Waals surface area contributed by atoms with Crippen LogP contribution < -0.4 is 5.73 Å². The molecule has 2 nitrogen and oxygen atoms in total. The molecule has 0 spiro atoms. The van der Waals surface area contributed by atoms with E-state index in [-0.39, 0.29) is 0 Å². The SMILES string of the molecule is NCc1ccc2c(c1)[C@@]13CCCC[C@H]1[C@H](C2)N(CC1CCC1)CC3. The number of likely N-dealkylation sites (tertiary alicyclic amines) is 1. The van der Waals surface area contributed by atoms with Crippen molar-refractivity contribution >= 4 is 0 Å². The van der Waals surface area contributed by atoms with Gasteiger partial charge in [-0.1, -0.05) is 37.5 Å². The molecule has 4 aliphatic rings. The molecule has 3 aliphatic carbocycles. The van der Waals surface area contributed by atoms with Crippen LogP contribution >= 0.6 is 0 Å². The zero-order valence-electron chi connectivity index (χ0n) is 15.0. The van der Waals surface area contributed by atoms with E-state index in [9.17, 15) is 0 Å². The van der Waals surface area contributed by atoms with Crippen LogP contribution in [-0.4, -0.2) is 24.0 Å². The maximum absolute atomic E-state index is 5.97. The zero-order chi connectivity index (χ0) is 16.1. The second-order valence-electron chi connectivity index (χ2n) is 9.02. The normalized spacial score (nSPS) is 35.9. The van der Waals surface area contributed by atoms with E-state index in [2.05, 4.69) is 23.1 Å². The molecule has 0 radical (unpaired) electrons. The highest BCUT2D eigenvalue weighted by Crippen LogP contribution is 2.56. The van der Waals surface area contributed by atoms with Gasteiger partial charge in [0.1, 0.15) is 0 Å². The van der Waals surface area contributed by atoms with E-state index >= 15 is 0 Å². The summed E-state index contributed by atoms with van der Waals surface area (Å²) in [5, 5.41) is 0. The minimum atomic E-state index is 0.484. The number of hydrogen-bond donors (Lipinski definition) is 1. The first-order valence-electron chi connectivity index (χ1n) is 10.4. The molecular weight excluding hydrogens is 292 g/mol. The quantitative estimate of drug-likeness (QED) is 0.910. The van der Waals surface area contributed by atoms with Crippen LogP contribution in [0.2, 0.25) is 0 Å². The van der Waals surface area contributed by atoms with Gasteiger partial charge < -0.3 is 5.73 Å². The van der Waals surface area contributed by atoms with Crippen LogP contribution in [0.1, 0.15) is 68.1 Å². The topological polar surface area (TPSA) is 29.3 Å². The van der Waals surface area contributed by atoms with Crippen LogP contribution in [-0.2, 0) is 18.4 Å². The van der Waals surface area contributed by atoms with Gasteiger partial charge in [0.05, 0.1) is 0 Å². The Balaban J connectivity index is 1.53. The molecule has 5 rings (SSSR count). The molecule has 24 heavy (non-hydrogen) atoms. The zero-order valence-corrected chi connectivity index (χ0v) is 15.0. The molecule has 1 aromatic carbocycles. The van der Waals surface area contributed by atoms with Gasteiger partial charge in [-0.3, -0.25) is 4.90 Å². The van der Waals surface area contributed by atoms with Crippen LogP contribution in [0.15, 0.2) is 18.2 Å². The molecule has 0 amide bonds. The monoisotopic (exact) mass is 324 g/mol. The second-order valence-corrected chi connectivity index (χ2v) is 9.02. The Morgan fingerprint density at radius 2 is 2.00 bits per heavy atom. The van der Waals surface area contributed by atoms with E-state index in [1.807, 2.05) is 0 Å². The smallest absolute Gasteiger partial charge is 0.0178 e. The highest BCUT2D eigenvalue weighted by Gasteiger charge is 2.53. The molecule has 3 atom stereocenters. The van der Waals surface area contributed by atoms with Gasteiger partial charge in [0.15, 0.2) is 0 Å². The standard InChI is InChI=1S/C22H32N2/c23-14-17-7-8-18-13-21-19-6-1-2-9-22(19,20(18)12-17)10-11-24(21)15-16-4-3-5-16/h7-8,12,16,19,21H,1-6,9-11,13-15,23H2/t19-,21-,22+/m0/s1. The molecule has 2 N–H and O–H groups in total. The lowest BCUT2D eigenvalue weighted by Gasteiger charge is -2.59. The third-order valence-electron chi connectivity index (χ3n) is 7.97. The molecule has 1 aliphatic heterocycles. The highest BCUT2D eigenvalue weighted by molar-refractivity contribution is 5.43. The number of fused-ring (bicyclic) bond motifs is 1. The van der Waals surface area contributed by atoms with Gasteiger partial charge in [0.25, 0.3) is 0 Å². The van der Waals surface area contributed by atoms with Gasteiger partial charge in [-0.15, -0.1) is 0 Å². The van der Waals surface area contributed by atoms with E-state index < -0.39 is 0 Å². The first-order valence-corrected chi connectivity index (χ1v) is 10.4. The van der Waals surface area contributed by atoms with Gasteiger partial charge >= 0.3 is 0 Å². The third kappa shape index (κ3) is 2.22. The Morgan fingerprint density at radius 3 is 2.79 bits per heavy atom. The molecule has 1 aromatic rings. The lowest BCUT2D eigenvalue weighted by molar-refractivity contribution is -0.0240. The first kappa shape index (κ1) is 15.4. The molecule has 2 saturated carbocycles. The number of nitrogens with zero attached hydrogens (tertiary/aromatic N) is 1. The van der Waals surface area contributed by atoms with Crippen LogP contribution in [0, 0.1) is 11.8 Å². The van der Waals surface area contributed by atoms with Gasteiger partial charge in [-0.25, -0.2) is 0 Å². The van der Waals surface area contributed by atoms with Crippen molar-refractivity contribution in [3.8, 4) is 0 Å². The average Bonchev–Trinajstić information content (AvgIpc) is 2.59. The van der Waals surface area contributed by atoms with Crippen LogP contribution in [0.4, 0.5) is 0 Å². The molecule has 130 valence electrons. The number of rotatable bonds is 3. The molecule has 0 aromatic heterocycles. The van der Waals surface area contributed by atoms with Crippen molar-refractivity contribution in [2.24, 2.45) is 17.6 Å². The largest absolute Gasteiger partial charge is 0.326 e. The maximum Gasteiger partial charge on any atom is 0.0178 e. The molecule has 2 bridgehead atoms. The van der Waals surface area contributed by atoms with E-state index in [0.717, 1.165) is 17.9 Å². The third-order valence-corrected chi connectivity index (χ3v) is 7.97. The predicted octanol–water partition coefficient (Wildman–Crippen LogP) is 4.00. The Morgan fingerprint density at radius 1 is 1.08 bits per heavy atom. The maximum atomic E-state index is 5.97. The Bertz CT molecular complexity index is 620. The summed E-state index contributed by atoms with van der Waals surface area (Å²) >= 11 is 0. The lowest BCUT2D eigenvalue weighted by atomic mass is 9.52. The summed E-state index contributed by atoms with van der Waals surface area (Å²) in [4.78, 5) is 2.91. The molecular formula is C22H32N2. The molecule has 1 heterocycles. The molecule has 1 saturated heterocycles. The van der Waals surface area contributed by atoms with E-state index in [0.29, 0.717) is 12.0 Å². The molecule has 2 heteroatoms. The summed E-state index contributed by atoms with van der Waals surface area (Å²) in [7, 11) is 0. The Hall–Kier alpha value is -0.860. The van der Waals surface area contributed by atoms with Crippen LogP contribution in [0.3, 0.4) is 0 Å². The van der Waals surface area contributed by atoms with Crippen molar-refractivity contribution in [1.29, 1.82) is 0 Å². The minimum absolute atomic E-state index is 0.484. The lowest BCUT2D eigenvalue weighted by Crippen LogP contribution is -2.61. The van der Waals surface area contributed by atoms with E-state index in [1.165, 1.54) is 76.4 Å². The highest BCUT2D eigenvalue weighted by atomic mass is 15.2. The molecule has 0 unspecified atom stereocenters. The second kappa shape index (κ2) is 5.85. The van der Waals surface area contributed by atoms with Crippen molar-refractivity contribution in [2.75, 3.05) is 13.1 Å². The van der Waals surface area contributed by atoms with Crippen LogP contribution in [0.5, 0.6) is 0 Å². The summed E-state index contributed by atoms with van der Waals surface area (Å²) < 4.78 is 0. The fourth-order valence-electron chi connectivity index (χ4n) is 6.49. The minimum Gasteiger partial charge on any atom is -0.326 e. The number of hydrogen-bond acceptors (Lipinski definition) is 2. The summed E-state index contributed by atoms with van der Waals surface area (Å²) in [5.41, 5.74) is 11.1. The fraction of sp³-hybridized carbons (Fsp3) is 0.727. The van der Waals surface area contributed by atoms with Crippen molar-refractivity contribution in [1.82, 2.24) is 4.90 Å². The first-order chi connectivity index (χ1) is 11.8. The summed E-state index contributed by atoms with van der Waals surface area (Å²) in [6.45, 7) is 3.41. The molecule has 3 fully saturated rings. The van der Waals surface area contributed by atoms with Crippen molar-refractivity contribution in [2.45, 2.75) is 75.8 Å². The number of benzene rings is 1. The van der Waals surface area contributed by atoms with Crippen molar-refractivity contribution in [3.63, 3.8) is 0 Å². The van der Waals surface area contributed by atoms with Gasteiger partial charge in [-0.2, -0.15) is 0 Å². The van der Waals surface area contributed by atoms with Gasteiger partial charge in [-0.05, 0) is 73.6 Å². The Kier molecular flexibility index (Phi) is 3.75. The predicted molar refractivity (Wildman–Crippen MR) is 99.0 cm³/mol. The van der Waals surface area contributed by atoms with E-state index in [1.54, 1.807) is 11.1 Å². The summed E-state index contributed by atoms with van der Waals surface area (Å²) in [6.07, 6.45) is 12.9. The Labute approximate surface area is 146 Å². The number of piperidine rings is 1. The van der Waals surface area contributed by atoms with Crippen molar-refractivity contribution in [3.05, 3.63) is 34.9 Å². The van der Waals surface area contributed by atoms with E-state index in [4.69, 9.17) is 5.73 Å².